The number of hydrogen-bond acceptors (Lipinski definition) is 3. The molecule has 132 valence electrons. The number of benzene rings is 3. The molecule has 3 aromatic carbocycles. The van der Waals surface area contributed by atoms with Gasteiger partial charge in [0.2, 0.25) is 0 Å². The molecule has 0 radical (unpaired) electrons. The largest absolute Gasteiger partial charge is 0.371 e. The number of nitrogens with zero attached hydrogens (tertiary/aromatic N) is 2. The average molecular weight is 344 g/mol. The van der Waals surface area contributed by atoms with E-state index in [2.05, 4.69) is 109 Å². The van der Waals surface area contributed by atoms with Crippen molar-refractivity contribution >= 4 is 17.1 Å². The highest BCUT2D eigenvalue weighted by Crippen LogP contribution is 2.44. The van der Waals surface area contributed by atoms with E-state index in [1.807, 2.05) is 0 Å². The van der Waals surface area contributed by atoms with Gasteiger partial charge in [-0.2, -0.15) is 0 Å². The molecule has 0 amide bonds. The Morgan fingerprint density at radius 1 is 0.769 bits per heavy atom. The zero-order chi connectivity index (χ0) is 17.9. The van der Waals surface area contributed by atoms with E-state index in [1.54, 1.807) is 0 Å². The van der Waals surface area contributed by atoms with Crippen molar-refractivity contribution in [2.75, 3.05) is 16.6 Å². The minimum absolute atomic E-state index is 0.0244. The molecule has 26 heavy (non-hydrogen) atoms. The molecule has 2 atom stereocenters. The minimum Gasteiger partial charge on any atom is -0.371 e. The van der Waals surface area contributed by atoms with E-state index in [-0.39, 0.29) is 12.1 Å². The molecule has 3 heteroatoms. The molecule has 0 bridgehead atoms. The van der Waals surface area contributed by atoms with Gasteiger partial charge in [0.05, 0.1) is 23.1 Å². The van der Waals surface area contributed by atoms with Gasteiger partial charge in [-0.3, -0.25) is 10.0 Å². The van der Waals surface area contributed by atoms with Crippen LogP contribution in [0.4, 0.5) is 17.1 Å². The Kier molecular flexibility index (Phi) is 4.63. The highest BCUT2D eigenvalue weighted by Gasteiger charge is 2.38. The Morgan fingerprint density at radius 3 is 2.00 bits per heavy atom. The molecular weight excluding hydrogens is 320 g/mol. The number of anilines is 3. The topological polar surface area (TPSA) is 15.7 Å². The molecule has 2 unspecified atom stereocenters. The fourth-order valence-electron chi connectivity index (χ4n) is 3.78. The second kappa shape index (κ2) is 7.22. The van der Waals surface area contributed by atoms with E-state index >= 15 is 0 Å². The van der Waals surface area contributed by atoms with Crippen molar-refractivity contribution in [3.63, 3.8) is 0 Å². The molecule has 0 aliphatic carbocycles. The number of rotatable bonds is 4. The Balaban J connectivity index is 1.93. The fourth-order valence-corrected chi connectivity index (χ4v) is 3.78. The van der Waals surface area contributed by atoms with Crippen molar-refractivity contribution in [3.05, 3.63) is 90.5 Å². The summed E-state index contributed by atoms with van der Waals surface area (Å²) in [5.74, 6) is 0. The first-order valence-electron chi connectivity index (χ1n) is 9.21. The minimum atomic E-state index is 0.0244. The average Bonchev–Trinajstić information content (AvgIpc) is 2.71. The summed E-state index contributed by atoms with van der Waals surface area (Å²) in [6, 6.07) is 29.8. The molecule has 3 nitrogen and oxygen atoms in total. The Labute approximate surface area is 155 Å². The van der Waals surface area contributed by atoms with E-state index < -0.39 is 0 Å². The third-order valence-corrected chi connectivity index (χ3v) is 4.88. The third-order valence-electron chi connectivity index (χ3n) is 4.88. The molecule has 0 saturated heterocycles. The molecule has 1 heterocycles. The second-order valence-corrected chi connectivity index (χ2v) is 6.50. The van der Waals surface area contributed by atoms with E-state index in [0.29, 0.717) is 6.61 Å². The summed E-state index contributed by atoms with van der Waals surface area (Å²) >= 11 is 0. The lowest BCUT2D eigenvalue weighted by atomic mass is 9.96. The van der Waals surface area contributed by atoms with Crippen LogP contribution in [0.25, 0.3) is 0 Å². The summed E-state index contributed by atoms with van der Waals surface area (Å²) in [6.07, 6.45) is 0.0244. The Hall–Kier alpha value is -2.78. The van der Waals surface area contributed by atoms with Crippen LogP contribution < -0.4 is 10.0 Å². The zero-order valence-electron chi connectivity index (χ0n) is 15.2. The van der Waals surface area contributed by atoms with Crippen LogP contribution in [-0.2, 0) is 4.74 Å². The number of hydrazine groups is 1. The van der Waals surface area contributed by atoms with Crippen LogP contribution in [-0.4, -0.2) is 12.6 Å². The lowest BCUT2D eigenvalue weighted by Crippen LogP contribution is -2.52. The number of fused-ring (bicyclic) bond motifs is 1. The van der Waals surface area contributed by atoms with E-state index in [0.717, 1.165) is 11.4 Å². The maximum Gasteiger partial charge on any atom is 0.107 e. The van der Waals surface area contributed by atoms with Crippen molar-refractivity contribution in [1.29, 1.82) is 0 Å². The van der Waals surface area contributed by atoms with Crippen LogP contribution in [0.2, 0.25) is 0 Å². The number of hydrogen-bond donors (Lipinski definition) is 0. The highest BCUT2D eigenvalue weighted by molar-refractivity contribution is 5.75. The van der Waals surface area contributed by atoms with Crippen LogP contribution in [0.5, 0.6) is 0 Å². The van der Waals surface area contributed by atoms with E-state index in [4.69, 9.17) is 4.74 Å². The monoisotopic (exact) mass is 344 g/mol. The van der Waals surface area contributed by atoms with Gasteiger partial charge in [-0.15, -0.1) is 0 Å². The molecule has 3 aromatic rings. The molecule has 4 rings (SSSR count). The van der Waals surface area contributed by atoms with Gasteiger partial charge >= 0.3 is 0 Å². The van der Waals surface area contributed by atoms with Gasteiger partial charge in [-0.05, 0) is 44.2 Å². The Morgan fingerprint density at radius 2 is 1.35 bits per heavy atom. The Bertz CT molecular complexity index is 850. The van der Waals surface area contributed by atoms with Crippen molar-refractivity contribution in [2.24, 2.45) is 0 Å². The molecule has 1 aliphatic heterocycles. The molecular formula is C23H24N2O. The first-order valence-corrected chi connectivity index (χ1v) is 9.21. The fraction of sp³-hybridized carbons (Fsp3) is 0.217. The predicted molar refractivity (Wildman–Crippen MR) is 108 cm³/mol. The van der Waals surface area contributed by atoms with Gasteiger partial charge in [0.15, 0.2) is 0 Å². The summed E-state index contributed by atoms with van der Waals surface area (Å²) in [5, 5.41) is 4.66. The second-order valence-electron chi connectivity index (χ2n) is 6.50. The predicted octanol–water partition coefficient (Wildman–Crippen LogP) is 5.73. The third kappa shape index (κ3) is 2.85. The van der Waals surface area contributed by atoms with Crippen molar-refractivity contribution in [1.82, 2.24) is 0 Å². The smallest absolute Gasteiger partial charge is 0.107 e. The van der Waals surface area contributed by atoms with Crippen LogP contribution in [0.1, 0.15) is 25.5 Å². The van der Waals surface area contributed by atoms with E-state index in [9.17, 15) is 0 Å². The van der Waals surface area contributed by atoms with E-state index in [1.165, 1.54) is 11.3 Å². The maximum absolute atomic E-state index is 6.19. The van der Waals surface area contributed by atoms with Gasteiger partial charge in [-0.1, -0.05) is 54.6 Å². The number of ether oxygens (including phenoxy) is 1. The van der Waals surface area contributed by atoms with Gasteiger partial charge in [0.1, 0.15) is 6.10 Å². The SMILES string of the molecule is CCOC1c2ccccc2N(c2ccccc2)N(c2ccccc2)C1C. The first kappa shape index (κ1) is 16.7. The summed E-state index contributed by atoms with van der Waals surface area (Å²) in [5.41, 5.74) is 4.70. The highest BCUT2D eigenvalue weighted by atomic mass is 16.5. The molecule has 0 saturated carbocycles. The van der Waals surface area contributed by atoms with Crippen LogP contribution in [0.15, 0.2) is 84.9 Å². The summed E-state index contributed by atoms with van der Waals surface area (Å²) in [4.78, 5) is 0. The van der Waals surface area contributed by atoms with Crippen molar-refractivity contribution < 1.29 is 4.74 Å². The summed E-state index contributed by atoms with van der Waals surface area (Å²) in [7, 11) is 0. The first-order chi connectivity index (χ1) is 12.8. The van der Waals surface area contributed by atoms with Crippen molar-refractivity contribution in [3.8, 4) is 0 Å². The van der Waals surface area contributed by atoms with Gasteiger partial charge in [-0.25, -0.2) is 0 Å². The molecule has 0 spiro atoms. The van der Waals surface area contributed by atoms with Gasteiger partial charge in [0.25, 0.3) is 0 Å². The lowest BCUT2D eigenvalue weighted by molar-refractivity contribution is 0.0420. The normalized spacial score (nSPS) is 19.3. The van der Waals surface area contributed by atoms with Crippen LogP contribution >= 0.6 is 0 Å². The quantitative estimate of drug-likeness (QED) is 0.601. The standard InChI is InChI=1S/C23H24N2O/c1-3-26-23-18(2)24(19-12-6-4-7-13-19)25(20-14-8-5-9-15-20)22-17-11-10-16-21(22)23/h4-18,23H,3H2,1-2H3. The van der Waals surface area contributed by atoms with Crippen LogP contribution in [0, 0.1) is 0 Å². The molecule has 1 aliphatic rings. The lowest BCUT2D eigenvalue weighted by Gasteiger charge is -2.49. The van der Waals surface area contributed by atoms with Crippen LogP contribution in [0.3, 0.4) is 0 Å². The molecule has 0 fully saturated rings. The summed E-state index contributed by atoms with van der Waals surface area (Å²) < 4.78 is 6.19. The van der Waals surface area contributed by atoms with Crippen molar-refractivity contribution in [2.45, 2.75) is 26.0 Å². The summed E-state index contributed by atoms with van der Waals surface area (Å²) in [6.45, 7) is 4.99. The molecule has 0 aromatic heterocycles. The van der Waals surface area contributed by atoms with Gasteiger partial charge < -0.3 is 4.74 Å². The maximum atomic E-state index is 6.19. The number of para-hydroxylation sites is 3. The molecule has 0 N–H and O–H groups in total. The van der Waals surface area contributed by atoms with Gasteiger partial charge in [0, 0.05) is 12.2 Å². The zero-order valence-corrected chi connectivity index (χ0v) is 15.2.